The van der Waals surface area contributed by atoms with Crippen LogP contribution >= 0.6 is 0 Å². The Kier molecular flexibility index (Phi) is 6.95. The molecular weight excluding hydrogens is 464 g/mol. The number of carboxylic acid groups (broad SMARTS) is 1. The van der Waals surface area contributed by atoms with Gasteiger partial charge in [0.05, 0.1) is 0 Å². The lowest BCUT2D eigenvalue weighted by molar-refractivity contribution is -0.152. The van der Waals surface area contributed by atoms with Crippen molar-refractivity contribution in [2.24, 2.45) is 39.4 Å². The third-order valence-corrected chi connectivity index (χ3v) is 11.5. The Balaban J connectivity index is 1.73. The molecule has 0 saturated heterocycles. The first-order valence-corrected chi connectivity index (χ1v) is 14.1. The van der Waals surface area contributed by atoms with Gasteiger partial charge < -0.3 is 9.84 Å². The van der Waals surface area contributed by atoms with Gasteiger partial charge in [0.1, 0.15) is 11.9 Å². The fraction of sp³-hybridized carbons (Fsp3) is 0.719. The predicted octanol–water partition coefficient (Wildman–Crippen LogP) is 7.07. The SMILES string of the molecule is CC(=O)OC1CC(C(C)CC/C=C(\C)C(=O)O)C2(C)CC=C3C(=CCC4C(C)(C)C(=O)CCC34C)C12C. The van der Waals surface area contributed by atoms with E-state index in [9.17, 15) is 19.5 Å². The fourth-order valence-electron chi connectivity index (χ4n) is 8.94. The molecule has 2 saturated carbocycles. The highest BCUT2D eigenvalue weighted by atomic mass is 16.5. The lowest BCUT2D eigenvalue weighted by Gasteiger charge is -2.60. The highest BCUT2D eigenvalue weighted by molar-refractivity contribution is 5.86. The summed E-state index contributed by atoms with van der Waals surface area (Å²) in [6.45, 7) is 16.8. The van der Waals surface area contributed by atoms with E-state index in [0.29, 0.717) is 29.6 Å². The average Bonchev–Trinajstić information content (AvgIpc) is 3.03. The second-order valence-corrected chi connectivity index (χ2v) is 13.6. The Morgan fingerprint density at radius 3 is 2.43 bits per heavy atom. The number of allylic oxidation sites excluding steroid dienone is 4. The fourth-order valence-corrected chi connectivity index (χ4v) is 8.94. The number of carbonyl (C=O) groups is 3. The van der Waals surface area contributed by atoms with Gasteiger partial charge >= 0.3 is 11.9 Å². The molecule has 0 aromatic heterocycles. The third-order valence-electron chi connectivity index (χ3n) is 11.5. The zero-order valence-electron chi connectivity index (χ0n) is 24.1. The third kappa shape index (κ3) is 4.06. The summed E-state index contributed by atoms with van der Waals surface area (Å²) in [5.74, 6) is 0.251. The number of carbonyl (C=O) groups excluding carboxylic acids is 2. The van der Waals surface area contributed by atoms with Crippen molar-refractivity contribution < 1.29 is 24.2 Å². The van der Waals surface area contributed by atoms with E-state index in [1.807, 2.05) is 6.08 Å². The molecule has 0 aromatic carbocycles. The molecule has 5 nitrogen and oxygen atoms in total. The van der Waals surface area contributed by atoms with Crippen molar-refractivity contribution >= 4 is 17.7 Å². The number of hydrogen-bond donors (Lipinski definition) is 1. The highest BCUT2D eigenvalue weighted by Crippen LogP contribution is 2.72. The summed E-state index contributed by atoms with van der Waals surface area (Å²) in [6.07, 6.45) is 12.2. The van der Waals surface area contributed by atoms with Gasteiger partial charge in [0.25, 0.3) is 0 Å². The molecule has 0 spiro atoms. The van der Waals surface area contributed by atoms with Gasteiger partial charge in [-0.05, 0) is 85.2 Å². The van der Waals surface area contributed by atoms with Gasteiger partial charge in [0.2, 0.25) is 0 Å². The first-order chi connectivity index (χ1) is 17.1. The molecule has 4 aliphatic carbocycles. The van der Waals surface area contributed by atoms with Crippen LogP contribution < -0.4 is 0 Å². The van der Waals surface area contributed by atoms with Gasteiger partial charge in [0, 0.05) is 29.7 Å². The molecule has 0 aromatic rings. The molecule has 7 atom stereocenters. The normalized spacial score (nSPS) is 39.5. The maximum Gasteiger partial charge on any atom is 0.330 e. The lowest BCUT2D eigenvalue weighted by Crippen LogP contribution is -2.55. The molecule has 4 rings (SSSR count). The standard InChI is InChI=1S/C32H46O5/c1-19(10-9-11-20(2)28(35)36)24-18-27(37-21(3)33)32(8)23-12-13-25-29(4,5)26(34)15-16-30(25,6)22(23)14-17-31(24,32)7/h11-12,14,19,24-25,27H,9-10,13,15-18H2,1-8H3,(H,35,36)/b20-11+. The minimum atomic E-state index is -0.864. The van der Waals surface area contributed by atoms with Crippen molar-refractivity contribution in [2.45, 2.75) is 106 Å². The molecule has 5 heteroatoms. The number of hydrogen-bond acceptors (Lipinski definition) is 4. The second-order valence-electron chi connectivity index (χ2n) is 13.6. The minimum absolute atomic E-state index is 0.0601. The number of fused-ring (bicyclic) bond motifs is 5. The van der Waals surface area contributed by atoms with E-state index in [1.54, 1.807) is 6.92 Å². The zero-order valence-corrected chi connectivity index (χ0v) is 24.1. The van der Waals surface area contributed by atoms with E-state index in [1.165, 1.54) is 18.1 Å². The lowest BCUT2D eigenvalue weighted by atomic mass is 9.44. The number of ketones is 1. The van der Waals surface area contributed by atoms with E-state index in [4.69, 9.17) is 4.74 Å². The van der Waals surface area contributed by atoms with Crippen LogP contribution in [0.1, 0.15) is 100 Å². The van der Waals surface area contributed by atoms with Crippen molar-refractivity contribution in [2.75, 3.05) is 0 Å². The maximum absolute atomic E-state index is 12.9. The van der Waals surface area contributed by atoms with Crippen LogP contribution in [-0.2, 0) is 19.1 Å². The molecule has 0 amide bonds. The maximum atomic E-state index is 12.9. The summed E-state index contributed by atoms with van der Waals surface area (Å²) in [5.41, 5.74) is 2.31. The van der Waals surface area contributed by atoms with E-state index < -0.39 is 5.97 Å². The van der Waals surface area contributed by atoms with Crippen LogP contribution in [0.25, 0.3) is 0 Å². The average molecular weight is 511 g/mol. The molecular formula is C32H46O5. The summed E-state index contributed by atoms with van der Waals surface area (Å²) in [4.78, 5) is 36.4. The zero-order chi connectivity index (χ0) is 27.6. The van der Waals surface area contributed by atoms with E-state index in [-0.39, 0.29) is 39.7 Å². The van der Waals surface area contributed by atoms with Crippen LogP contribution in [0, 0.1) is 39.4 Å². The minimum Gasteiger partial charge on any atom is -0.478 e. The molecule has 4 aliphatic rings. The summed E-state index contributed by atoms with van der Waals surface area (Å²) in [5, 5.41) is 9.22. The van der Waals surface area contributed by atoms with E-state index >= 15 is 0 Å². The van der Waals surface area contributed by atoms with Crippen LogP contribution in [0.4, 0.5) is 0 Å². The quantitative estimate of drug-likeness (QED) is 0.305. The van der Waals surface area contributed by atoms with Crippen molar-refractivity contribution in [1.82, 2.24) is 0 Å². The predicted molar refractivity (Wildman–Crippen MR) is 145 cm³/mol. The summed E-state index contributed by atoms with van der Waals surface area (Å²) in [7, 11) is 0. The summed E-state index contributed by atoms with van der Waals surface area (Å²) < 4.78 is 6.13. The highest BCUT2D eigenvalue weighted by Gasteiger charge is 2.67. The molecule has 2 fully saturated rings. The van der Waals surface area contributed by atoms with Gasteiger partial charge in [-0.1, -0.05) is 59.8 Å². The first-order valence-electron chi connectivity index (χ1n) is 14.1. The molecule has 204 valence electrons. The summed E-state index contributed by atoms with van der Waals surface area (Å²) in [6, 6.07) is 0. The molecule has 0 radical (unpaired) electrons. The van der Waals surface area contributed by atoms with E-state index in [2.05, 4.69) is 53.7 Å². The molecule has 0 aliphatic heterocycles. The Labute approximate surface area is 222 Å². The van der Waals surface area contributed by atoms with Crippen LogP contribution in [-0.4, -0.2) is 28.9 Å². The number of rotatable bonds is 6. The van der Waals surface area contributed by atoms with Crippen molar-refractivity contribution in [3.8, 4) is 0 Å². The molecule has 0 bridgehead atoms. The van der Waals surface area contributed by atoms with Crippen LogP contribution in [0.2, 0.25) is 0 Å². The Morgan fingerprint density at radius 1 is 1.14 bits per heavy atom. The Bertz CT molecular complexity index is 1090. The van der Waals surface area contributed by atoms with Crippen molar-refractivity contribution in [3.63, 3.8) is 0 Å². The van der Waals surface area contributed by atoms with Crippen molar-refractivity contribution in [3.05, 3.63) is 34.9 Å². The largest absolute Gasteiger partial charge is 0.478 e. The van der Waals surface area contributed by atoms with Gasteiger partial charge in [0.15, 0.2) is 0 Å². The van der Waals surface area contributed by atoms with Crippen LogP contribution in [0.3, 0.4) is 0 Å². The van der Waals surface area contributed by atoms with E-state index in [0.717, 1.165) is 38.5 Å². The Hall–Kier alpha value is -2.17. The monoisotopic (exact) mass is 510 g/mol. The number of carboxylic acids is 1. The Morgan fingerprint density at radius 2 is 1.81 bits per heavy atom. The van der Waals surface area contributed by atoms with Crippen molar-refractivity contribution in [1.29, 1.82) is 0 Å². The molecule has 7 unspecified atom stereocenters. The topological polar surface area (TPSA) is 80.7 Å². The van der Waals surface area contributed by atoms with Crippen LogP contribution in [0.15, 0.2) is 34.9 Å². The van der Waals surface area contributed by atoms with Gasteiger partial charge in [-0.25, -0.2) is 4.79 Å². The molecule has 1 N–H and O–H groups in total. The smallest absolute Gasteiger partial charge is 0.330 e. The molecule has 0 heterocycles. The summed E-state index contributed by atoms with van der Waals surface area (Å²) >= 11 is 0. The number of esters is 1. The first kappa shape index (κ1) is 27.9. The molecule has 37 heavy (non-hydrogen) atoms. The number of Topliss-reactive ketones (excluding diaryl/α,β-unsaturated/α-hetero) is 1. The number of aliphatic carboxylic acids is 1. The van der Waals surface area contributed by atoms with Gasteiger partial charge in [-0.15, -0.1) is 0 Å². The number of ether oxygens (including phenoxy) is 1. The van der Waals surface area contributed by atoms with Gasteiger partial charge in [-0.2, -0.15) is 0 Å². The second kappa shape index (κ2) is 9.24. The van der Waals surface area contributed by atoms with Gasteiger partial charge in [-0.3, -0.25) is 9.59 Å². The van der Waals surface area contributed by atoms with Crippen LogP contribution in [0.5, 0.6) is 0 Å².